The molecule has 0 aliphatic heterocycles. The van der Waals surface area contributed by atoms with Crippen molar-refractivity contribution < 1.29 is 22.4 Å². The van der Waals surface area contributed by atoms with Crippen LogP contribution in [0.15, 0.2) is 48.5 Å². The summed E-state index contributed by atoms with van der Waals surface area (Å²) >= 11 is 6.27. The van der Waals surface area contributed by atoms with Crippen LogP contribution >= 0.6 is 11.6 Å². The van der Waals surface area contributed by atoms with Gasteiger partial charge in [0, 0.05) is 31.6 Å². The fourth-order valence-corrected chi connectivity index (χ4v) is 4.67. The number of rotatable bonds is 11. The highest BCUT2D eigenvalue weighted by molar-refractivity contribution is 7.92. The molecule has 0 spiro atoms. The number of benzene rings is 2. The number of sulfonamides is 1. The van der Waals surface area contributed by atoms with Crippen LogP contribution in [0.1, 0.15) is 31.7 Å². The Kier molecular flexibility index (Phi) is 9.67. The molecule has 1 unspecified atom stereocenters. The highest BCUT2D eigenvalue weighted by atomic mass is 35.5. The van der Waals surface area contributed by atoms with Crippen LogP contribution < -0.4 is 9.62 Å². The molecular weight excluding hydrogens is 469 g/mol. The predicted molar refractivity (Wildman–Crippen MR) is 128 cm³/mol. The van der Waals surface area contributed by atoms with E-state index in [4.69, 9.17) is 11.6 Å². The Balaban J connectivity index is 2.19. The number of halogens is 2. The fourth-order valence-electron chi connectivity index (χ4n) is 3.51. The standard InChI is InChI=1S/C23H29ClFN3O4S/c1-4-21(23(30)26-2)27(16-17-8-5-6-9-20(17)24)22(29)10-7-15-28(33(3,31)32)19-13-11-18(25)12-14-19/h5-6,8-9,11-14,21H,4,7,10,15-16H2,1-3H3,(H,26,30). The normalized spacial score (nSPS) is 12.2. The van der Waals surface area contributed by atoms with E-state index in [2.05, 4.69) is 5.32 Å². The first kappa shape index (κ1) is 26.6. The molecule has 180 valence electrons. The maximum absolute atomic E-state index is 13.2. The van der Waals surface area contributed by atoms with Gasteiger partial charge in [-0.05, 0) is 48.7 Å². The molecule has 0 fully saturated rings. The lowest BCUT2D eigenvalue weighted by molar-refractivity contribution is -0.141. The van der Waals surface area contributed by atoms with E-state index in [0.717, 1.165) is 10.6 Å². The Morgan fingerprint density at radius 3 is 2.30 bits per heavy atom. The lowest BCUT2D eigenvalue weighted by atomic mass is 10.1. The largest absolute Gasteiger partial charge is 0.357 e. The molecule has 2 amide bonds. The van der Waals surface area contributed by atoms with Crippen molar-refractivity contribution in [2.24, 2.45) is 0 Å². The zero-order chi connectivity index (χ0) is 24.6. The van der Waals surface area contributed by atoms with Crippen molar-refractivity contribution in [1.82, 2.24) is 10.2 Å². The van der Waals surface area contributed by atoms with E-state index < -0.39 is 21.9 Å². The first-order valence-electron chi connectivity index (χ1n) is 10.6. The van der Waals surface area contributed by atoms with Gasteiger partial charge in [-0.25, -0.2) is 12.8 Å². The van der Waals surface area contributed by atoms with Crippen molar-refractivity contribution in [2.75, 3.05) is 24.2 Å². The van der Waals surface area contributed by atoms with Gasteiger partial charge in [-0.2, -0.15) is 0 Å². The van der Waals surface area contributed by atoms with E-state index in [1.165, 1.54) is 36.2 Å². The Hall–Kier alpha value is -2.65. The summed E-state index contributed by atoms with van der Waals surface area (Å²) in [6, 6.07) is 11.5. The molecule has 10 heteroatoms. The Morgan fingerprint density at radius 2 is 1.76 bits per heavy atom. The number of nitrogens with zero attached hydrogens (tertiary/aromatic N) is 2. The summed E-state index contributed by atoms with van der Waals surface area (Å²) in [5.74, 6) is -1.06. The van der Waals surface area contributed by atoms with Crippen molar-refractivity contribution in [3.63, 3.8) is 0 Å². The van der Waals surface area contributed by atoms with E-state index in [9.17, 15) is 22.4 Å². The molecule has 0 aliphatic carbocycles. The summed E-state index contributed by atoms with van der Waals surface area (Å²) in [4.78, 5) is 27.1. The summed E-state index contributed by atoms with van der Waals surface area (Å²) in [6.45, 7) is 2.00. The molecule has 0 saturated carbocycles. The van der Waals surface area contributed by atoms with Crippen LogP contribution in [-0.4, -0.2) is 51.0 Å². The van der Waals surface area contributed by atoms with Crippen molar-refractivity contribution >= 4 is 39.1 Å². The third-order valence-corrected chi connectivity index (χ3v) is 6.76. The van der Waals surface area contributed by atoms with Gasteiger partial charge in [0.1, 0.15) is 11.9 Å². The number of carbonyl (C=O) groups is 2. The predicted octanol–water partition coefficient (Wildman–Crippen LogP) is 3.58. The summed E-state index contributed by atoms with van der Waals surface area (Å²) in [5, 5.41) is 3.08. The number of likely N-dealkylation sites (N-methyl/N-ethyl adjacent to an activating group) is 1. The number of anilines is 1. The zero-order valence-electron chi connectivity index (χ0n) is 18.9. The van der Waals surface area contributed by atoms with E-state index >= 15 is 0 Å². The van der Waals surface area contributed by atoms with Gasteiger partial charge in [-0.3, -0.25) is 13.9 Å². The molecule has 0 saturated heterocycles. The second kappa shape index (κ2) is 12.0. The maximum atomic E-state index is 13.2. The van der Waals surface area contributed by atoms with Gasteiger partial charge in [-0.1, -0.05) is 36.7 Å². The van der Waals surface area contributed by atoms with Crippen LogP contribution in [0.3, 0.4) is 0 Å². The molecule has 0 bridgehead atoms. The second-order valence-electron chi connectivity index (χ2n) is 7.57. The SMILES string of the molecule is CCC(C(=O)NC)N(Cc1ccccc1Cl)C(=O)CCCN(c1ccc(F)cc1)S(C)(=O)=O. The monoisotopic (exact) mass is 497 g/mol. The second-order valence-corrected chi connectivity index (χ2v) is 9.88. The van der Waals surface area contributed by atoms with E-state index in [-0.39, 0.29) is 37.7 Å². The van der Waals surface area contributed by atoms with Gasteiger partial charge < -0.3 is 10.2 Å². The van der Waals surface area contributed by atoms with Gasteiger partial charge in [0.05, 0.1) is 11.9 Å². The summed E-state index contributed by atoms with van der Waals surface area (Å²) < 4.78 is 38.9. The molecule has 33 heavy (non-hydrogen) atoms. The Bertz CT molecular complexity index is 1060. The molecule has 0 heterocycles. The summed E-state index contributed by atoms with van der Waals surface area (Å²) in [7, 11) is -2.13. The van der Waals surface area contributed by atoms with Gasteiger partial charge in [-0.15, -0.1) is 0 Å². The van der Waals surface area contributed by atoms with Crippen molar-refractivity contribution in [1.29, 1.82) is 0 Å². The summed E-state index contributed by atoms with van der Waals surface area (Å²) in [5.41, 5.74) is 1.02. The molecule has 0 aliphatic rings. The lowest BCUT2D eigenvalue weighted by Crippen LogP contribution is -2.48. The highest BCUT2D eigenvalue weighted by Crippen LogP contribution is 2.22. The van der Waals surface area contributed by atoms with Crippen molar-refractivity contribution in [3.05, 3.63) is 64.9 Å². The third-order valence-electron chi connectivity index (χ3n) is 5.20. The molecule has 1 N–H and O–H groups in total. The average Bonchev–Trinajstić information content (AvgIpc) is 2.77. The fraction of sp³-hybridized carbons (Fsp3) is 0.391. The van der Waals surface area contributed by atoms with Gasteiger partial charge in [0.25, 0.3) is 0 Å². The minimum Gasteiger partial charge on any atom is -0.357 e. The maximum Gasteiger partial charge on any atom is 0.242 e. The van der Waals surface area contributed by atoms with E-state index in [0.29, 0.717) is 22.7 Å². The number of carbonyl (C=O) groups excluding carboxylic acids is 2. The lowest BCUT2D eigenvalue weighted by Gasteiger charge is -2.31. The number of hydrogen-bond donors (Lipinski definition) is 1. The third kappa shape index (κ3) is 7.43. The zero-order valence-corrected chi connectivity index (χ0v) is 20.5. The highest BCUT2D eigenvalue weighted by Gasteiger charge is 2.28. The summed E-state index contributed by atoms with van der Waals surface area (Å²) in [6.07, 6.45) is 1.69. The quantitative estimate of drug-likeness (QED) is 0.514. The van der Waals surface area contributed by atoms with Gasteiger partial charge >= 0.3 is 0 Å². The average molecular weight is 498 g/mol. The van der Waals surface area contributed by atoms with Gasteiger partial charge in [0.15, 0.2) is 0 Å². The molecule has 1 atom stereocenters. The first-order chi connectivity index (χ1) is 15.6. The molecule has 7 nitrogen and oxygen atoms in total. The van der Waals surface area contributed by atoms with Crippen LogP contribution in [0.4, 0.5) is 10.1 Å². The Morgan fingerprint density at radius 1 is 1.12 bits per heavy atom. The minimum atomic E-state index is -3.64. The van der Waals surface area contributed by atoms with Crippen LogP contribution in [-0.2, 0) is 26.2 Å². The topological polar surface area (TPSA) is 86.8 Å². The Labute approximate surface area is 199 Å². The number of nitrogens with one attached hydrogen (secondary N) is 1. The van der Waals surface area contributed by atoms with Crippen molar-refractivity contribution in [3.8, 4) is 0 Å². The number of amides is 2. The van der Waals surface area contributed by atoms with Crippen LogP contribution in [0, 0.1) is 5.82 Å². The van der Waals surface area contributed by atoms with Crippen LogP contribution in [0.2, 0.25) is 5.02 Å². The first-order valence-corrected chi connectivity index (χ1v) is 12.8. The minimum absolute atomic E-state index is 0.0190. The van der Waals surface area contributed by atoms with Crippen LogP contribution in [0.5, 0.6) is 0 Å². The van der Waals surface area contributed by atoms with Crippen LogP contribution in [0.25, 0.3) is 0 Å². The molecule has 0 radical (unpaired) electrons. The van der Waals surface area contributed by atoms with E-state index in [1.807, 2.05) is 6.92 Å². The smallest absolute Gasteiger partial charge is 0.242 e. The molecule has 2 aromatic rings. The van der Waals surface area contributed by atoms with Crippen molar-refractivity contribution in [2.45, 2.75) is 38.8 Å². The molecule has 2 rings (SSSR count). The van der Waals surface area contributed by atoms with Gasteiger partial charge in [0.2, 0.25) is 21.8 Å². The molecule has 0 aromatic heterocycles. The van der Waals surface area contributed by atoms with E-state index in [1.54, 1.807) is 24.3 Å². The molecule has 2 aromatic carbocycles. The molecular formula is C23H29ClFN3O4S. The number of hydrogen-bond acceptors (Lipinski definition) is 4.